The van der Waals surface area contributed by atoms with Crippen LogP contribution < -0.4 is 0 Å². The first-order chi connectivity index (χ1) is 8.52. The molecule has 19 heavy (non-hydrogen) atoms. The van der Waals surface area contributed by atoms with E-state index in [-0.39, 0.29) is 12.0 Å². The van der Waals surface area contributed by atoms with E-state index in [2.05, 4.69) is 25.8 Å². The Labute approximate surface area is 118 Å². The van der Waals surface area contributed by atoms with Crippen LogP contribution >= 0.6 is 0 Å². The van der Waals surface area contributed by atoms with E-state index < -0.39 is 5.60 Å². The van der Waals surface area contributed by atoms with Gasteiger partial charge in [0.25, 0.3) is 0 Å². The zero-order valence-electron chi connectivity index (χ0n) is 13.7. The minimum Gasteiger partial charge on any atom is -0.459 e. The number of hydrogen-bond acceptors (Lipinski definition) is 3. The number of rotatable bonds is 3. The van der Waals surface area contributed by atoms with Crippen molar-refractivity contribution in [3.05, 3.63) is 0 Å². The van der Waals surface area contributed by atoms with Crippen LogP contribution in [0.25, 0.3) is 0 Å². The second-order valence-electron chi connectivity index (χ2n) is 7.77. The molecule has 0 amide bonds. The summed E-state index contributed by atoms with van der Waals surface area (Å²) in [5, 5.41) is 0. The standard InChI is InChI=1S/C16H31NO2/c1-12(14(18)19-15(2,3)4)17(7)13-8-10-16(5,6)11-9-13/h12-13H,8-11H2,1-7H3. The summed E-state index contributed by atoms with van der Waals surface area (Å²) in [5.74, 6) is -0.111. The number of carbonyl (C=O) groups is 1. The maximum Gasteiger partial charge on any atom is 0.323 e. The van der Waals surface area contributed by atoms with Crippen molar-refractivity contribution in [3.63, 3.8) is 0 Å². The van der Waals surface area contributed by atoms with Gasteiger partial charge in [-0.3, -0.25) is 9.69 Å². The van der Waals surface area contributed by atoms with Crippen LogP contribution in [0.15, 0.2) is 0 Å². The Morgan fingerprint density at radius 1 is 1.26 bits per heavy atom. The van der Waals surface area contributed by atoms with Gasteiger partial charge in [-0.15, -0.1) is 0 Å². The van der Waals surface area contributed by atoms with E-state index in [4.69, 9.17) is 4.74 Å². The summed E-state index contributed by atoms with van der Waals surface area (Å²) in [6, 6.07) is 0.348. The normalized spacial score (nSPS) is 22.3. The fourth-order valence-electron chi connectivity index (χ4n) is 2.66. The lowest BCUT2D eigenvalue weighted by Crippen LogP contribution is -2.47. The topological polar surface area (TPSA) is 29.5 Å². The highest BCUT2D eigenvalue weighted by atomic mass is 16.6. The molecule has 3 heteroatoms. The van der Waals surface area contributed by atoms with E-state index in [1.807, 2.05) is 27.7 Å². The Balaban J connectivity index is 2.53. The number of hydrogen-bond donors (Lipinski definition) is 0. The Hall–Kier alpha value is -0.570. The predicted molar refractivity (Wildman–Crippen MR) is 79.1 cm³/mol. The van der Waals surface area contributed by atoms with Crippen molar-refractivity contribution < 1.29 is 9.53 Å². The summed E-state index contributed by atoms with van der Waals surface area (Å²) < 4.78 is 5.47. The lowest BCUT2D eigenvalue weighted by atomic mass is 9.75. The molecule has 1 saturated carbocycles. The zero-order valence-corrected chi connectivity index (χ0v) is 13.7. The molecule has 0 bridgehead atoms. The molecular weight excluding hydrogens is 238 g/mol. The third-order valence-electron chi connectivity index (χ3n) is 4.24. The van der Waals surface area contributed by atoms with Crippen LogP contribution in [-0.4, -0.2) is 35.6 Å². The second kappa shape index (κ2) is 5.82. The third kappa shape index (κ3) is 5.13. The molecule has 1 atom stereocenters. The summed E-state index contributed by atoms with van der Waals surface area (Å²) in [6.45, 7) is 12.4. The van der Waals surface area contributed by atoms with Crippen molar-refractivity contribution in [3.8, 4) is 0 Å². The van der Waals surface area contributed by atoms with Gasteiger partial charge in [0.15, 0.2) is 0 Å². The summed E-state index contributed by atoms with van der Waals surface area (Å²) in [7, 11) is 2.05. The van der Waals surface area contributed by atoms with Gasteiger partial charge in [-0.05, 0) is 65.8 Å². The second-order valence-corrected chi connectivity index (χ2v) is 7.77. The molecule has 112 valence electrons. The highest BCUT2D eigenvalue weighted by molar-refractivity contribution is 5.75. The van der Waals surface area contributed by atoms with Crippen molar-refractivity contribution >= 4 is 5.97 Å². The SMILES string of the molecule is CC(C(=O)OC(C)(C)C)N(C)C1CCC(C)(C)CC1. The van der Waals surface area contributed by atoms with Crippen molar-refractivity contribution in [1.82, 2.24) is 4.90 Å². The monoisotopic (exact) mass is 269 g/mol. The molecular formula is C16H31NO2. The smallest absolute Gasteiger partial charge is 0.323 e. The number of nitrogens with zero attached hydrogens (tertiary/aromatic N) is 1. The van der Waals surface area contributed by atoms with Crippen molar-refractivity contribution in [2.75, 3.05) is 7.05 Å². The molecule has 0 aromatic rings. The molecule has 0 radical (unpaired) electrons. The van der Waals surface area contributed by atoms with E-state index in [1.54, 1.807) is 0 Å². The first-order valence-electron chi connectivity index (χ1n) is 7.47. The van der Waals surface area contributed by atoms with E-state index in [1.165, 1.54) is 25.7 Å². The van der Waals surface area contributed by atoms with Crippen LogP contribution in [0.3, 0.4) is 0 Å². The fourth-order valence-corrected chi connectivity index (χ4v) is 2.66. The van der Waals surface area contributed by atoms with Crippen LogP contribution in [0, 0.1) is 5.41 Å². The largest absolute Gasteiger partial charge is 0.459 e. The zero-order chi connectivity index (χ0) is 14.8. The van der Waals surface area contributed by atoms with Gasteiger partial charge in [0.2, 0.25) is 0 Å². The fraction of sp³-hybridized carbons (Fsp3) is 0.938. The van der Waals surface area contributed by atoms with Gasteiger partial charge in [0.1, 0.15) is 11.6 Å². The Morgan fingerprint density at radius 2 is 1.74 bits per heavy atom. The molecule has 0 aromatic heterocycles. The van der Waals surface area contributed by atoms with Crippen LogP contribution in [0.4, 0.5) is 0 Å². The average Bonchev–Trinajstić information content (AvgIpc) is 2.24. The summed E-state index contributed by atoms with van der Waals surface area (Å²) in [4.78, 5) is 14.3. The molecule has 1 fully saturated rings. The quantitative estimate of drug-likeness (QED) is 0.733. The number of carbonyl (C=O) groups excluding carboxylic acids is 1. The summed E-state index contributed by atoms with van der Waals surface area (Å²) >= 11 is 0. The Kier molecular flexibility index (Phi) is 5.05. The molecule has 0 aliphatic heterocycles. The molecule has 1 aliphatic carbocycles. The van der Waals surface area contributed by atoms with Crippen LogP contribution in [0.2, 0.25) is 0 Å². The van der Waals surface area contributed by atoms with E-state index in [0.717, 1.165) is 0 Å². The van der Waals surface area contributed by atoms with Crippen molar-refractivity contribution in [1.29, 1.82) is 0 Å². The predicted octanol–water partition coefficient (Wildman–Crippen LogP) is 3.62. The Morgan fingerprint density at radius 3 is 2.16 bits per heavy atom. The maximum absolute atomic E-state index is 12.1. The van der Waals surface area contributed by atoms with Gasteiger partial charge >= 0.3 is 5.97 Å². The number of esters is 1. The van der Waals surface area contributed by atoms with Gasteiger partial charge in [0, 0.05) is 6.04 Å². The molecule has 0 spiro atoms. The van der Waals surface area contributed by atoms with Crippen molar-refractivity contribution in [2.45, 2.75) is 84.9 Å². The molecule has 0 heterocycles. The molecule has 1 aliphatic rings. The van der Waals surface area contributed by atoms with E-state index in [9.17, 15) is 4.79 Å². The van der Waals surface area contributed by atoms with Gasteiger partial charge in [-0.2, -0.15) is 0 Å². The van der Waals surface area contributed by atoms with Gasteiger partial charge in [-0.25, -0.2) is 0 Å². The Bertz CT molecular complexity index is 307. The molecule has 0 saturated heterocycles. The van der Waals surface area contributed by atoms with Crippen molar-refractivity contribution in [2.24, 2.45) is 5.41 Å². The lowest BCUT2D eigenvalue weighted by molar-refractivity contribution is -0.161. The molecule has 1 unspecified atom stereocenters. The summed E-state index contributed by atoms with van der Waals surface area (Å²) in [6.07, 6.45) is 4.83. The minimum atomic E-state index is -0.402. The van der Waals surface area contributed by atoms with Gasteiger partial charge in [-0.1, -0.05) is 13.8 Å². The lowest BCUT2D eigenvalue weighted by Gasteiger charge is -2.40. The molecule has 3 nitrogen and oxygen atoms in total. The minimum absolute atomic E-state index is 0.111. The van der Waals surface area contributed by atoms with Crippen LogP contribution in [0.1, 0.15) is 67.2 Å². The number of likely N-dealkylation sites (N-methyl/N-ethyl adjacent to an activating group) is 1. The average molecular weight is 269 g/mol. The maximum atomic E-state index is 12.1. The van der Waals surface area contributed by atoms with E-state index >= 15 is 0 Å². The highest BCUT2D eigenvalue weighted by Crippen LogP contribution is 2.37. The van der Waals surface area contributed by atoms with Gasteiger partial charge in [0.05, 0.1) is 0 Å². The van der Waals surface area contributed by atoms with E-state index in [0.29, 0.717) is 11.5 Å². The molecule has 0 N–H and O–H groups in total. The first kappa shape index (κ1) is 16.5. The highest BCUT2D eigenvalue weighted by Gasteiger charge is 2.33. The number of ether oxygens (including phenoxy) is 1. The van der Waals surface area contributed by atoms with Crippen LogP contribution in [0.5, 0.6) is 0 Å². The summed E-state index contributed by atoms with van der Waals surface area (Å²) in [5.41, 5.74) is 0.0627. The molecule has 0 aromatic carbocycles. The molecule has 1 rings (SSSR count). The first-order valence-corrected chi connectivity index (χ1v) is 7.47. The third-order valence-corrected chi connectivity index (χ3v) is 4.24. The van der Waals surface area contributed by atoms with Gasteiger partial charge < -0.3 is 4.74 Å². The van der Waals surface area contributed by atoms with Crippen LogP contribution in [-0.2, 0) is 9.53 Å².